The first-order valence-corrected chi connectivity index (χ1v) is 6.48. The number of hydrogen-bond donors (Lipinski definition) is 1. The summed E-state index contributed by atoms with van der Waals surface area (Å²) in [5.74, 6) is -0.273. The van der Waals surface area contributed by atoms with Crippen molar-refractivity contribution in [1.82, 2.24) is 4.98 Å². The molecular formula is C13H9BrClNO3. The molecule has 2 aromatic rings. The van der Waals surface area contributed by atoms with Gasteiger partial charge in [-0.1, -0.05) is 27.5 Å². The van der Waals surface area contributed by atoms with Gasteiger partial charge in [-0.15, -0.1) is 0 Å². The number of carboxylic acids is 1. The highest BCUT2D eigenvalue weighted by molar-refractivity contribution is 9.10. The Morgan fingerprint density at radius 3 is 2.74 bits per heavy atom. The van der Waals surface area contributed by atoms with Crippen LogP contribution in [0.2, 0.25) is 5.02 Å². The first-order chi connectivity index (χ1) is 8.97. The van der Waals surface area contributed by atoms with Gasteiger partial charge < -0.3 is 9.84 Å². The lowest BCUT2D eigenvalue weighted by molar-refractivity contribution is 0.0695. The standard InChI is InChI=1S/C13H9BrClNO3/c1-7-9(13(17)18)3-5-12(16-7)19-11-6-8(14)2-4-10(11)15/h2-6H,1H3,(H,17,18). The number of carbonyl (C=O) groups is 1. The van der Waals surface area contributed by atoms with Gasteiger partial charge in [-0.25, -0.2) is 9.78 Å². The number of ether oxygens (including phenoxy) is 1. The van der Waals surface area contributed by atoms with Gasteiger partial charge in [0.25, 0.3) is 0 Å². The zero-order valence-corrected chi connectivity index (χ0v) is 12.2. The maximum absolute atomic E-state index is 10.9. The molecule has 2 rings (SSSR count). The third-order valence-electron chi connectivity index (χ3n) is 2.40. The van der Waals surface area contributed by atoms with Crippen LogP contribution in [0.1, 0.15) is 16.1 Å². The monoisotopic (exact) mass is 341 g/mol. The van der Waals surface area contributed by atoms with Gasteiger partial charge in [-0.3, -0.25) is 0 Å². The van der Waals surface area contributed by atoms with Crippen LogP contribution in [0.15, 0.2) is 34.8 Å². The second-order valence-corrected chi connectivity index (χ2v) is 5.09. The molecule has 98 valence electrons. The predicted octanol–water partition coefficient (Wildman–Crippen LogP) is 4.30. The Bertz CT molecular complexity index is 646. The third-order valence-corrected chi connectivity index (χ3v) is 3.20. The van der Waals surface area contributed by atoms with Crippen LogP contribution in [-0.2, 0) is 0 Å². The average Bonchev–Trinajstić information content (AvgIpc) is 2.33. The fraction of sp³-hybridized carbons (Fsp3) is 0.0769. The largest absolute Gasteiger partial charge is 0.478 e. The van der Waals surface area contributed by atoms with Crippen molar-refractivity contribution in [2.24, 2.45) is 0 Å². The maximum atomic E-state index is 10.9. The lowest BCUT2D eigenvalue weighted by Crippen LogP contribution is -2.02. The minimum atomic E-state index is -1.02. The summed E-state index contributed by atoms with van der Waals surface area (Å²) in [7, 11) is 0. The number of hydrogen-bond acceptors (Lipinski definition) is 3. The van der Waals surface area contributed by atoms with Gasteiger partial charge in [0.1, 0.15) is 5.75 Å². The van der Waals surface area contributed by atoms with Crippen molar-refractivity contribution in [3.63, 3.8) is 0 Å². The van der Waals surface area contributed by atoms with Gasteiger partial charge in [0.05, 0.1) is 16.3 Å². The Balaban J connectivity index is 2.31. The van der Waals surface area contributed by atoms with E-state index in [1.54, 1.807) is 25.1 Å². The molecule has 1 heterocycles. The number of pyridine rings is 1. The first-order valence-electron chi connectivity index (χ1n) is 5.31. The Morgan fingerprint density at radius 1 is 1.37 bits per heavy atom. The summed E-state index contributed by atoms with van der Waals surface area (Å²) in [5.41, 5.74) is 0.531. The van der Waals surface area contributed by atoms with E-state index in [-0.39, 0.29) is 5.56 Å². The lowest BCUT2D eigenvalue weighted by Gasteiger charge is -2.08. The molecular weight excluding hydrogens is 334 g/mol. The van der Waals surface area contributed by atoms with Crippen molar-refractivity contribution in [1.29, 1.82) is 0 Å². The first kappa shape index (κ1) is 13.8. The number of aryl methyl sites for hydroxylation is 1. The van der Waals surface area contributed by atoms with E-state index in [1.807, 2.05) is 0 Å². The fourth-order valence-corrected chi connectivity index (χ4v) is 1.99. The lowest BCUT2D eigenvalue weighted by atomic mass is 10.2. The highest BCUT2D eigenvalue weighted by Gasteiger charge is 2.11. The normalized spacial score (nSPS) is 10.3. The molecule has 0 atom stereocenters. The van der Waals surface area contributed by atoms with Crippen LogP contribution in [0, 0.1) is 6.92 Å². The molecule has 0 saturated heterocycles. The quantitative estimate of drug-likeness (QED) is 0.903. The molecule has 1 N–H and O–H groups in total. The van der Waals surface area contributed by atoms with Gasteiger partial charge in [0.2, 0.25) is 5.88 Å². The van der Waals surface area contributed by atoms with Crippen LogP contribution >= 0.6 is 27.5 Å². The van der Waals surface area contributed by atoms with Gasteiger partial charge in [-0.05, 0) is 31.2 Å². The molecule has 0 amide bonds. The van der Waals surface area contributed by atoms with Crippen molar-refractivity contribution < 1.29 is 14.6 Å². The minimum Gasteiger partial charge on any atom is -0.478 e. The van der Waals surface area contributed by atoms with E-state index in [4.69, 9.17) is 21.4 Å². The summed E-state index contributed by atoms with van der Waals surface area (Å²) in [6.45, 7) is 1.61. The number of nitrogens with zero attached hydrogens (tertiary/aromatic N) is 1. The molecule has 6 heteroatoms. The Hall–Kier alpha value is -1.59. The summed E-state index contributed by atoms with van der Waals surface area (Å²) in [4.78, 5) is 15.0. The van der Waals surface area contributed by atoms with Crippen molar-refractivity contribution in [3.05, 3.63) is 51.1 Å². The molecule has 0 aliphatic rings. The van der Waals surface area contributed by atoms with E-state index in [1.165, 1.54) is 12.1 Å². The van der Waals surface area contributed by atoms with E-state index >= 15 is 0 Å². The summed E-state index contributed by atoms with van der Waals surface area (Å²) in [6.07, 6.45) is 0. The summed E-state index contributed by atoms with van der Waals surface area (Å²) < 4.78 is 6.36. The number of aromatic nitrogens is 1. The summed E-state index contributed by atoms with van der Waals surface area (Å²) in [5, 5.41) is 9.37. The highest BCUT2D eigenvalue weighted by Crippen LogP contribution is 2.31. The second kappa shape index (κ2) is 5.59. The molecule has 0 aliphatic heterocycles. The number of carboxylic acid groups (broad SMARTS) is 1. The molecule has 0 saturated carbocycles. The fourth-order valence-electron chi connectivity index (χ4n) is 1.49. The number of benzene rings is 1. The van der Waals surface area contributed by atoms with E-state index in [0.29, 0.717) is 22.3 Å². The molecule has 0 fully saturated rings. The van der Waals surface area contributed by atoms with Crippen molar-refractivity contribution in [3.8, 4) is 11.6 Å². The molecule has 0 unspecified atom stereocenters. The minimum absolute atomic E-state index is 0.146. The molecule has 4 nitrogen and oxygen atoms in total. The van der Waals surface area contributed by atoms with E-state index < -0.39 is 5.97 Å². The summed E-state index contributed by atoms with van der Waals surface area (Å²) >= 11 is 9.32. The Labute approximate surface area is 123 Å². The van der Waals surface area contributed by atoms with Crippen LogP contribution in [0.3, 0.4) is 0 Å². The molecule has 19 heavy (non-hydrogen) atoms. The smallest absolute Gasteiger partial charge is 0.337 e. The van der Waals surface area contributed by atoms with Gasteiger partial charge in [0, 0.05) is 10.5 Å². The van der Waals surface area contributed by atoms with Gasteiger partial charge >= 0.3 is 5.97 Å². The maximum Gasteiger partial charge on any atom is 0.337 e. The average molecular weight is 343 g/mol. The predicted molar refractivity (Wildman–Crippen MR) is 75.2 cm³/mol. The topological polar surface area (TPSA) is 59.4 Å². The molecule has 0 bridgehead atoms. The SMILES string of the molecule is Cc1nc(Oc2cc(Br)ccc2Cl)ccc1C(=O)O. The molecule has 1 aromatic carbocycles. The molecule has 0 radical (unpaired) electrons. The van der Waals surface area contributed by atoms with Gasteiger partial charge in [0.15, 0.2) is 0 Å². The number of rotatable bonds is 3. The van der Waals surface area contributed by atoms with E-state index in [9.17, 15) is 4.79 Å². The number of halogens is 2. The van der Waals surface area contributed by atoms with Crippen molar-refractivity contribution in [2.75, 3.05) is 0 Å². The molecule has 1 aromatic heterocycles. The third kappa shape index (κ3) is 3.24. The van der Waals surface area contributed by atoms with Crippen molar-refractivity contribution >= 4 is 33.5 Å². The molecule has 0 spiro atoms. The molecule has 0 aliphatic carbocycles. The van der Waals surface area contributed by atoms with Crippen molar-refractivity contribution in [2.45, 2.75) is 6.92 Å². The Morgan fingerprint density at radius 2 is 2.11 bits per heavy atom. The second-order valence-electron chi connectivity index (χ2n) is 3.76. The zero-order chi connectivity index (χ0) is 14.0. The highest BCUT2D eigenvalue weighted by atomic mass is 79.9. The van der Waals surface area contributed by atoms with Gasteiger partial charge in [-0.2, -0.15) is 0 Å². The van der Waals surface area contributed by atoms with E-state index in [0.717, 1.165) is 4.47 Å². The van der Waals surface area contributed by atoms with Crippen LogP contribution in [0.5, 0.6) is 11.6 Å². The zero-order valence-electron chi connectivity index (χ0n) is 9.85. The van der Waals surface area contributed by atoms with Crippen LogP contribution in [0.4, 0.5) is 0 Å². The number of aromatic carboxylic acids is 1. The van der Waals surface area contributed by atoms with Crippen LogP contribution < -0.4 is 4.74 Å². The van der Waals surface area contributed by atoms with Crippen LogP contribution in [-0.4, -0.2) is 16.1 Å². The van der Waals surface area contributed by atoms with Crippen LogP contribution in [0.25, 0.3) is 0 Å². The van der Waals surface area contributed by atoms with E-state index in [2.05, 4.69) is 20.9 Å². The summed E-state index contributed by atoms with van der Waals surface area (Å²) in [6, 6.07) is 8.14. The Kier molecular flexibility index (Phi) is 4.07.